The van der Waals surface area contributed by atoms with Crippen molar-refractivity contribution in [2.45, 2.75) is 25.2 Å². The van der Waals surface area contributed by atoms with Crippen LogP contribution in [0.25, 0.3) is 0 Å². The van der Waals surface area contributed by atoms with Gasteiger partial charge in [-0.3, -0.25) is 9.59 Å². The van der Waals surface area contributed by atoms with E-state index >= 15 is 0 Å². The van der Waals surface area contributed by atoms with Crippen LogP contribution in [-0.2, 0) is 9.59 Å². The minimum absolute atomic E-state index is 0.252. The maximum Gasteiger partial charge on any atom is 0.310 e. The van der Waals surface area contributed by atoms with Gasteiger partial charge in [0, 0.05) is 12.8 Å². The van der Waals surface area contributed by atoms with E-state index in [4.69, 9.17) is 0 Å². The van der Waals surface area contributed by atoms with Crippen LogP contribution in [0.4, 0.5) is 0 Å². The van der Waals surface area contributed by atoms with E-state index < -0.39 is 11.9 Å². The third-order valence-electron chi connectivity index (χ3n) is 3.10. The number of carboxylic acids is 1. The summed E-state index contributed by atoms with van der Waals surface area (Å²) < 4.78 is 0. The van der Waals surface area contributed by atoms with Gasteiger partial charge in [0.05, 0.1) is 5.92 Å². The molecule has 1 unspecified atom stereocenters. The maximum atomic E-state index is 11.2. The van der Waals surface area contributed by atoms with Crippen LogP contribution < -0.4 is 0 Å². The average Bonchev–Trinajstić information content (AvgIpc) is 2.23. The number of Topliss-reactive ketones (excluding diaryl/α,β-unsaturated/α-hetero) is 1. The Morgan fingerprint density at radius 1 is 1.31 bits per heavy atom. The quantitative estimate of drug-likeness (QED) is 0.843. The van der Waals surface area contributed by atoms with E-state index in [-0.39, 0.29) is 11.7 Å². The lowest BCUT2D eigenvalue weighted by molar-refractivity contribution is -0.140. The number of hydrogen-bond donors (Lipinski definition) is 1. The van der Waals surface area contributed by atoms with Gasteiger partial charge in [-0.1, -0.05) is 30.3 Å². The van der Waals surface area contributed by atoms with Crippen molar-refractivity contribution in [1.82, 2.24) is 0 Å². The molecule has 1 aromatic rings. The molecule has 0 radical (unpaired) electrons. The fourth-order valence-electron chi connectivity index (χ4n) is 2.15. The molecule has 0 saturated heterocycles. The summed E-state index contributed by atoms with van der Waals surface area (Å²) in [5.74, 6) is -0.763. The van der Waals surface area contributed by atoms with Crippen molar-refractivity contribution >= 4 is 11.8 Å². The summed E-state index contributed by atoms with van der Waals surface area (Å²) in [5, 5.41) is 9.18. The number of aliphatic carboxylic acids is 1. The first-order chi connectivity index (χ1) is 7.66. The molecule has 3 nitrogen and oxygen atoms in total. The number of rotatable bonds is 4. The van der Waals surface area contributed by atoms with Crippen LogP contribution >= 0.6 is 0 Å². The molecule has 0 amide bonds. The number of carbonyl (C=O) groups excluding carboxylic acids is 1. The molecule has 1 aliphatic carbocycles. The monoisotopic (exact) mass is 218 g/mol. The van der Waals surface area contributed by atoms with E-state index in [2.05, 4.69) is 0 Å². The summed E-state index contributed by atoms with van der Waals surface area (Å²) in [6.07, 6.45) is 1.68. The standard InChI is InChI=1S/C13H14O3/c14-11-6-9(7-11)8-12(13(15)16)10-4-2-1-3-5-10/h1-5,9,12H,6-8H2,(H,15,16). The fraction of sp³-hybridized carbons (Fsp3) is 0.385. The number of benzene rings is 1. The van der Waals surface area contributed by atoms with Gasteiger partial charge in [-0.15, -0.1) is 0 Å². The smallest absolute Gasteiger partial charge is 0.310 e. The van der Waals surface area contributed by atoms with Crippen LogP contribution in [0.2, 0.25) is 0 Å². The molecule has 3 heteroatoms. The number of carboxylic acid groups (broad SMARTS) is 1. The molecule has 1 atom stereocenters. The van der Waals surface area contributed by atoms with E-state index in [1.54, 1.807) is 0 Å². The normalized spacial score (nSPS) is 17.9. The number of carbonyl (C=O) groups is 2. The van der Waals surface area contributed by atoms with Crippen LogP contribution in [0, 0.1) is 5.92 Å². The maximum absolute atomic E-state index is 11.2. The second-order valence-corrected chi connectivity index (χ2v) is 4.35. The molecule has 0 spiro atoms. The summed E-state index contributed by atoms with van der Waals surface area (Å²) in [5.41, 5.74) is 0.828. The Labute approximate surface area is 94.1 Å². The Kier molecular flexibility index (Phi) is 3.04. The molecule has 0 bridgehead atoms. The highest BCUT2D eigenvalue weighted by atomic mass is 16.4. The zero-order valence-corrected chi connectivity index (χ0v) is 8.93. The first kappa shape index (κ1) is 10.9. The lowest BCUT2D eigenvalue weighted by Gasteiger charge is -2.26. The van der Waals surface area contributed by atoms with Crippen molar-refractivity contribution in [2.24, 2.45) is 5.92 Å². The van der Waals surface area contributed by atoms with Crippen LogP contribution in [0.5, 0.6) is 0 Å². The van der Waals surface area contributed by atoms with E-state index in [0.717, 1.165) is 5.56 Å². The molecule has 1 saturated carbocycles. The highest BCUT2D eigenvalue weighted by molar-refractivity contribution is 5.85. The summed E-state index contributed by atoms with van der Waals surface area (Å²) in [6.45, 7) is 0. The molecule has 1 fully saturated rings. The second-order valence-electron chi connectivity index (χ2n) is 4.35. The predicted octanol–water partition coefficient (Wildman–Crippen LogP) is 2.22. The van der Waals surface area contributed by atoms with Crippen molar-refractivity contribution in [1.29, 1.82) is 0 Å². The molecule has 0 aromatic heterocycles. The Morgan fingerprint density at radius 3 is 2.44 bits per heavy atom. The summed E-state index contributed by atoms with van der Waals surface area (Å²) >= 11 is 0. The van der Waals surface area contributed by atoms with Crippen molar-refractivity contribution < 1.29 is 14.7 Å². The van der Waals surface area contributed by atoms with Gasteiger partial charge >= 0.3 is 5.97 Å². The third-order valence-corrected chi connectivity index (χ3v) is 3.10. The SMILES string of the molecule is O=C1CC(CC(C(=O)O)c2ccccc2)C1. The van der Waals surface area contributed by atoms with Crippen LogP contribution in [0.15, 0.2) is 30.3 Å². The van der Waals surface area contributed by atoms with Gasteiger partial charge in [-0.2, -0.15) is 0 Å². The van der Waals surface area contributed by atoms with E-state index in [1.807, 2.05) is 30.3 Å². The highest BCUT2D eigenvalue weighted by Crippen LogP contribution is 2.33. The van der Waals surface area contributed by atoms with Crippen molar-refractivity contribution in [3.05, 3.63) is 35.9 Å². The van der Waals surface area contributed by atoms with Crippen molar-refractivity contribution in [3.8, 4) is 0 Å². The van der Waals surface area contributed by atoms with E-state index in [9.17, 15) is 14.7 Å². The lowest BCUT2D eigenvalue weighted by Crippen LogP contribution is -2.27. The zero-order chi connectivity index (χ0) is 11.5. The Morgan fingerprint density at radius 2 is 1.94 bits per heavy atom. The van der Waals surface area contributed by atoms with Gasteiger partial charge in [0.1, 0.15) is 5.78 Å². The first-order valence-corrected chi connectivity index (χ1v) is 5.46. The highest BCUT2D eigenvalue weighted by Gasteiger charge is 2.32. The molecule has 1 N–H and O–H groups in total. The minimum Gasteiger partial charge on any atom is -0.481 e. The van der Waals surface area contributed by atoms with Crippen LogP contribution in [-0.4, -0.2) is 16.9 Å². The van der Waals surface area contributed by atoms with E-state index in [0.29, 0.717) is 19.3 Å². The topological polar surface area (TPSA) is 54.4 Å². The predicted molar refractivity (Wildman–Crippen MR) is 59.2 cm³/mol. The molecule has 16 heavy (non-hydrogen) atoms. The van der Waals surface area contributed by atoms with Gasteiger partial charge in [0.25, 0.3) is 0 Å². The fourth-order valence-corrected chi connectivity index (χ4v) is 2.15. The lowest BCUT2D eigenvalue weighted by atomic mass is 9.76. The minimum atomic E-state index is -0.800. The molecule has 84 valence electrons. The molecular weight excluding hydrogens is 204 g/mol. The molecule has 2 rings (SSSR count). The molecule has 1 aromatic carbocycles. The molecular formula is C13H14O3. The van der Waals surface area contributed by atoms with Gasteiger partial charge < -0.3 is 5.11 Å². The van der Waals surface area contributed by atoms with Gasteiger partial charge in [-0.25, -0.2) is 0 Å². The number of ketones is 1. The Bertz CT molecular complexity index is 389. The summed E-state index contributed by atoms with van der Waals surface area (Å²) in [6, 6.07) is 9.22. The van der Waals surface area contributed by atoms with Crippen LogP contribution in [0.3, 0.4) is 0 Å². The van der Waals surface area contributed by atoms with E-state index in [1.165, 1.54) is 0 Å². The molecule has 0 heterocycles. The zero-order valence-electron chi connectivity index (χ0n) is 8.93. The molecule has 0 aliphatic heterocycles. The third kappa shape index (κ3) is 2.30. The largest absolute Gasteiger partial charge is 0.481 e. The van der Waals surface area contributed by atoms with Crippen LogP contribution in [0.1, 0.15) is 30.7 Å². The van der Waals surface area contributed by atoms with Gasteiger partial charge in [-0.05, 0) is 17.9 Å². The Hall–Kier alpha value is -1.64. The van der Waals surface area contributed by atoms with Crippen molar-refractivity contribution in [2.75, 3.05) is 0 Å². The van der Waals surface area contributed by atoms with Gasteiger partial charge in [0.15, 0.2) is 0 Å². The number of hydrogen-bond acceptors (Lipinski definition) is 2. The molecule has 1 aliphatic rings. The first-order valence-electron chi connectivity index (χ1n) is 5.46. The van der Waals surface area contributed by atoms with Crippen molar-refractivity contribution in [3.63, 3.8) is 0 Å². The van der Waals surface area contributed by atoms with Gasteiger partial charge in [0.2, 0.25) is 0 Å². The Balaban J connectivity index is 2.06. The average molecular weight is 218 g/mol. The summed E-state index contributed by atoms with van der Waals surface area (Å²) in [4.78, 5) is 22.0. The second kappa shape index (κ2) is 4.47. The summed E-state index contributed by atoms with van der Waals surface area (Å²) in [7, 11) is 0.